The normalized spacial score (nSPS) is 28.3. The molecule has 26 heavy (non-hydrogen) atoms. The average Bonchev–Trinajstić information content (AvgIpc) is 3.15. The number of urea groups is 1. The van der Waals surface area contributed by atoms with Crippen LogP contribution in [0.4, 0.5) is 4.79 Å². The minimum atomic E-state index is -4.83. The number of hydroxylamine groups is 2. The first-order valence-corrected chi connectivity index (χ1v) is 9.70. The molecule has 3 aliphatic heterocycles. The third-order valence-corrected chi connectivity index (χ3v) is 5.07. The van der Waals surface area contributed by atoms with Gasteiger partial charge in [-0.1, -0.05) is 0 Å². The minimum Gasteiger partial charge on any atom is -0.313 e. The van der Waals surface area contributed by atoms with Crippen molar-refractivity contribution in [1.82, 2.24) is 26.1 Å². The molecule has 0 saturated carbocycles. The van der Waals surface area contributed by atoms with Crippen LogP contribution in [0.5, 0.6) is 0 Å². The second-order valence-electron chi connectivity index (χ2n) is 6.54. The zero-order valence-corrected chi connectivity index (χ0v) is 14.7. The second kappa shape index (κ2) is 7.34. The summed E-state index contributed by atoms with van der Waals surface area (Å²) >= 11 is 0. The molecule has 3 fully saturated rings. The lowest BCUT2D eigenvalue weighted by molar-refractivity contribution is -0.132. The Morgan fingerprint density at radius 3 is 2.69 bits per heavy atom. The molecule has 12 nitrogen and oxygen atoms in total. The van der Waals surface area contributed by atoms with Crippen molar-refractivity contribution in [3.05, 3.63) is 0 Å². The second-order valence-corrected chi connectivity index (χ2v) is 7.55. The predicted octanol–water partition coefficient (Wildman–Crippen LogP) is -1.72. The molecule has 146 valence electrons. The molecule has 0 aromatic carbocycles. The fourth-order valence-corrected chi connectivity index (χ4v) is 3.91. The molecule has 0 radical (unpaired) electrons. The number of fused-ring (bicyclic) bond motifs is 2. The summed E-state index contributed by atoms with van der Waals surface area (Å²) in [5, 5.41) is 3.74. The van der Waals surface area contributed by atoms with E-state index in [1.165, 1.54) is 0 Å². The van der Waals surface area contributed by atoms with E-state index in [9.17, 15) is 22.8 Å². The van der Waals surface area contributed by atoms with Gasteiger partial charge < -0.3 is 10.2 Å². The maximum absolute atomic E-state index is 12.3. The molecule has 0 spiro atoms. The summed E-state index contributed by atoms with van der Waals surface area (Å²) in [5.74, 6) is -0.909. The molecule has 4 N–H and O–H groups in total. The Labute approximate surface area is 150 Å². The molecular formula is C13H21N5O7S. The van der Waals surface area contributed by atoms with Gasteiger partial charge in [0.15, 0.2) is 0 Å². The van der Waals surface area contributed by atoms with Gasteiger partial charge in [0.1, 0.15) is 6.04 Å². The summed E-state index contributed by atoms with van der Waals surface area (Å²) in [6.07, 6.45) is 2.74. The standard InChI is InChI=1S/C13H21N5O7S/c19-11(6-8-2-1-5-14-8)15-16-12(20)10-4-3-9-7-17(10)13(21)18(9)25-26(22,23)24/h8-10,14H,1-7H2,(H,15,19)(H,16,20)(H,22,23,24)/t8-,9-,10-/m0/s1. The van der Waals surface area contributed by atoms with Crippen LogP contribution in [0.1, 0.15) is 32.1 Å². The van der Waals surface area contributed by atoms with E-state index in [-0.39, 0.29) is 31.3 Å². The third kappa shape index (κ3) is 4.23. The highest BCUT2D eigenvalue weighted by atomic mass is 32.3. The monoisotopic (exact) mass is 391 g/mol. The van der Waals surface area contributed by atoms with E-state index in [4.69, 9.17) is 4.55 Å². The van der Waals surface area contributed by atoms with Crippen molar-refractivity contribution in [3.8, 4) is 0 Å². The van der Waals surface area contributed by atoms with Crippen molar-refractivity contribution < 1.29 is 31.6 Å². The highest BCUT2D eigenvalue weighted by Crippen LogP contribution is 2.30. The Balaban J connectivity index is 1.52. The number of nitrogens with one attached hydrogen (secondary N) is 3. The van der Waals surface area contributed by atoms with E-state index in [1.54, 1.807) is 0 Å². The molecule has 0 aliphatic carbocycles. The molecule has 0 aromatic heterocycles. The van der Waals surface area contributed by atoms with Crippen molar-refractivity contribution in [2.75, 3.05) is 13.1 Å². The Kier molecular flexibility index (Phi) is 5.32. The SMILES string of the molecule is O=C(C[C@@H]1CCCN1)NNC(=O)[C@@H]1CC[C@H]2CN1C(=O)N2OS(=O)(=O)O. The largest absolute Gasteiger partial charge is 0.418 e. The van der Waals surface area contributed by atoms with Crippen LogP contribution in [-0.2, 0) is 24.3 Å². The number of carbonyl (C=O) groups excluding carboxylic acids is 3. The first kappa shape index (κ1) is 18.8. The summed E-state index contributed by atoms with van der Waals surface area (Å²) in [5.41, 5.74) is 4.64. The van der Waals surface area contributed by atoms with Gasteiger partial charge in [-0.2, -0.15) is 13.5 Å². The van der Waals surface area contributed by atoms with Gasteiger partial charge in [-0.05, 0) is 32.2 Å². The van der Waals surface area contributed by atoms with Crippen molar-refractivity contribution >= 4 is 28.2 Å². The van der Waals surface area contributed by atoms with Gasteiger partial charge in [0.25, 0.3) is 5.91 Å². The molecule has 3 aliphatic rings. The summed E-state index contributed by atoms with van der Waals surface area (Å²) in [6, 6.07) is -2.17. The molecule has 3 atom stereocenters. The number of hydrogen-bond donors (Lipinski definition) is 4. The number of nitrogens with zero attached hydrogens (tertiary/aromatic N) is 2. The number of rotatable bonds is 5. The van der Waals surface area contributed by atoms with Crippen molar-refractivity contribution in [1.29, 1.82) is 0 Å². The van der Waals surface area contributed by atoms with Gasteiger partial charge in [0.2, 0.25) is 5.91 Å². The van der Waals surface area contributed by atoms with Crippen LogP contribution in [0.15, 0.2) is 0 Å². The van der Waals surface area contributed by atoms with Crippen molar-refractivity contribution in [3.63, 3.8) is 0 Å². The van der Waals surface area contributed by atoms with E-state index in [1.807, 2.05) is 0 Å². The van der Waals surface area contributed by atoms with Gasteiger partial charge >= 0.3 is 16.4 Å². The smallest absolute Gasteiger partial charge is 0.313 e. The van der Waals surface area contributed by atoms with Crippen LogP contribution in [0.2, 0.25) is 0 Å². The van der Waals surface area contributed by atoms with E-state index < -0.39 is 34.4 Å². The fraction of sp³-hybridized carbons (Fsp3) is 0.769. The Hall–Kier alpha value is -1.96. The Bertz CT molecular complexity index is 693. The average molecular weight is 391 g/mol. The molecule has 13 heteroatoms. The molecule has 3 saturated heterocycles. The summed E-state index contributed by atoms with van der Waals surface area (Å²) in [4.78, 5) is 37.5. The topological polar surface area (TPSA) is 157 Å². The first-order valence-electron chi connectivity index (χ1n) is 8.33. The van der Waals surface area contributed by atoms with E-state index in [0.29, 0.717) is 11.5 Å². The van der Waals surface area contributed by atoms with Gasteiger partial charge in [0.05, 0.1) is 6.04 Å². The van der Waals surface area contributed by atoms with Gasteiger partial charge in [-0.15, -0.1) is 4.28 Å². The summed E-state index contributed by atoms with van der Waals surface area (Å²) in [6.45, 7) is 0.957. The lowest BCUT2D eigenvalue weighted by Gasteiger charge is -2.29. The van der Waals surface area contributed by atoms with Crippen molar-refractivity contribution in [2.24, 2.45) is 0 Å². The van der Waals surface area contributed by atoms with Gasteiger partial charge in [-0.25, -0.2) is 4.79 Å². The molecule has 3 heterocycles. The van der Waals surface area contributed by atoms with Gasteiger partial charge in [0, 0.05) is 19.0 Å². The molecule has 4 amide bonds. The quantitative estimate of drug-likeness (QED) is 0.318. The van der Waals surface area contributed by atoms with Crippen LogP contribution < -0.4 is 16.2 Å². The number of hydrazine groups is 1. The van der Waals surface area contributed by atoms with Crippen LogP contribution in [0.25, 0.3) is 0 Å². The maximum Gasteiger partial charge on any atom is 0.418 e. The summed E-state index contributed by atoms with van der Waals surface area (Å²) in [7, 11) is -4.83. The van der Waals surface area contributed by atoms with Crippen LogP contribution >= 0.6 is 0 Å². The van der Waals surface area contributed by atoms with E-state index in [0.717, 1.165) is 24.3 Å². The zero-order valence-electron chi connectivity index (χ0n) is 13.9. The zero-order chi connectivity index (χ0) is 18.9. The van der Waals surface area contributed by atoms with Crippen LogP contribution in [0, 0.1) is 0 Å². The Morgan fingerprint density at radius 1 is 1.27 bits per heavy atom. The molecule has 3 rings (SSSR count). The number of piperidine rings is 1. The minimum absolute atomic E-state index is 0.0897. The third-order valence-electron chi connectivity index (χ3n) is 4.72. The predicted molar refractivity (Wildman–Crippen MR) is 85.3 cm³/mol. The van der Waals surface area contributed by atoms with Gasteiger partial charge in [-0.3, -0.25) is 25.0 Å². The highest BCUT2D eigenvalue weighted by Gasteiger charge is 2.49. The Morgan fingerprint density at radius 2 is 2.04 bits per heavy atom. The highest BCUT2D eigenvalue weighted by molar-refractivity contribution is 7.80. The summed E-state index contributed by atoms with van der Waals surface area (Å²) < 4.78 is 34.7. The fourth-order valence-electron chi connectivity index (χ4n) is 3.52. The van der Waals surface area contributed by atoms with Crippen LogP contribution in [0.3, 0.4) is 0 Å². The molecule has 2 bridgehead atoms. The lowest BCUT2D eigenvalue weighted by atomic mass is 10.0. The number of hydrogen-bond acceptors (Lipinski definition) is 7. The first-order chi connectivity index (χ1) is 12.2. The van der Waals surface area contributed by atoms with E-state index in [2.05, 4.69) is 20.5 Å². The number of amides is 4. The molecule has 0 aromatic rings. The number of carbonyl (C=O) groups is 3. The van der Waals surface area contributed by atoms with Crippen LogP contribution in [-0.4, -0.2) is 72.0 Å². The maximum atomic E-state index is 12.3. The molecule has 0 unspecified atom stereocenters. The molecular weight excluding hydrogens is 370 g/mol. The lowest BCUT2D eigenvalue weighted by Crippen LogP contribution is -2.54. The van der Waals surface area contributed by atoms with Crippen molar-refractivity contribution in [2.45, 2.75) is 50.2 Å². The van der Waals surface area contributed by atoms with E-state index >= 15 is 0 Å².